The van der Waals surface area contributed by atoms with Crippen molar-refractivity contribution in [2.75, 3.05) is 19.7 Å². The molecule has 0 N–H and O–H groups in total. The van der Waals surface area contributed by atoms with Crippen molar-refractivity contribution in [1.82, 2.24) is 19.9 Å². The Labute approximate surface area is 199 Å². The van der Waals surface area contributed by atoms with E-state index in [1.54, 1.807) is 17.9 Å². The highest BCUT2D eigenvalue weighted by atomic mass is 32.2. The van der Waals surface area contributed by atoms with Gasteiger partial charge in [0.05, 0.1) is 23.6 Å². The van der Waals surface area contributed by atoms with Gasteiger partial charge in [-0.3, -0.25) is 0 Å². The van der Waals surface area contributed by atoms with Crippen molar-refractivity contribution in [3.63, 3.8) is 0 Å². The minimum atomic E-state index is -3.35. The van der Waals surface area contributed by atoms with Gasteiger partial charge in [0.2, 0.25) is 11.8 Å². The molecule has 11 heteroatoms. The zero-order valence-electron chi connectivity index (χ0n) is 19.5. The standard InChI is InChI=1S/C23H30N4O6S/c1-3-4-13-31-23(28)27-11-9-17(10-12-27)32-21-16(2)22(26-15-25-21)33-18-5-8-20(24-14-18)34(29,30)19-6-7-19/h5,8,14-15,17,19H,3-4,6-7,9-13H2,1-2H3. The molecule has 2 fully saturated rings. The average Bonchev–Trinajstić information content (AvgIpc) is 3.69. The molecule has 2 aliphatic rings. The zero-order valence-corrected chi connectivity index (χ0v) is 20.3. The molecular weight excluding hydrogens is 460 g/mol. The van der Waals surface area contributed by atoms with Gasteiger partial charge < -0.3 is 19.1 Å². The van der Waals surface area contributed by atoms with Gasteiger partial charge in [0, 0.05) is 25.9 Å². The van der Waals surface area contributed by atoms with Crippen molar-refractivity contribution in [2.24, 2.45) is 0 Å². The molecule has 4 rings (SSSR count). The van der Waals surface area contributed by atoms with Gasteiger partial charge in [-0.05, 0) is 38.3 Å². The molecule has 1 aliphatic heterocycles. The molecule has 2 aromatic heterocycles. The summed E-state index contributed by atoms with van der Waals surface area (Å²) in [4.78, 5) is 26.3. The number of rotatable bonds is 9. The molecule has 1 saturated heterocycles. The fraction of sp³-hybridized carbons (Fsp3) is 0.565. The van der Waals surface area contributed by atoms with Gasteiger partial charge in [0.1, 0.15) is 18.2 Å². The molecule has 0 aromatic carbocycles. The smallest absolute Gasteiger partial charge is 0.409 e. The van der Waals surface area contributed by atoms with E-state index < -0.39 is 9.84 Å². The maximum Gasteiger partial charge on any atom is 0.409 e. The quantitative estimate of drug-likeness (QED) is 0.484. The van der Waals surface area contributed by atoms with Crippen LogP contribution in [0.5, 0.6) is 17.5 Å². The van der Waals surface area contributed by atoms with Gasteiger partial charge in [-0.25, -0.2) is 28.2 Å². The van der Waals surface area contributed by atoms with Gasteiger partial charge in [-0.2, -0.15) is 0 Å². The highest BCUT2D eigenvalue weighted by Gasteiger charge is 2.37. The molecule has 0 radical (unpaired) electrons. The summed E-state index contributed by atoms with van der Waals surface area (Å²) < 4.78 is 41.8. The number of amides is 1. The van der Waals surface area contributed by atoms with E-state index in [2.05, 4.69) is 21.9 Å². The van der Waals surface area contributed by atoms with Crippen LogP contribution in [0.1, 0.15) is 51.0 Å². The Balaban J connectivity index is 1.33. The molecule has 0 unspecified atom stereocenters. The lowest BCUT2D eigenvalue weighted by Gasteiger charge is -2.31. The van der Waals surface area contributed by atoms with Crippen LogP contribution in [0.15, 0.2) is 29.7 Å². The van der Waals surface area contributed by atoms with Gasteiger partial charge >= 0.3 is 6.09 Å². The molecule has 1 aliphatic carbocycles. The fourth-order valence-electron chi connectivity index (χ4n) is 3.61. The number of hydrogen-bond donors (Lipinski definition) is 0. The Hall–Kier alpha value is -2.95. The first-order valence-corrected chi connectivity index (χ1v) is 13.2. The Morgan fingerprint density at radius 3 is 2.47 bits per heavy atom. The Bertz CT molecular complexity index is 1100. The molecule has 0 spiro atoms. The Kier molecular flexibility index (Phi) is 7.50. The summed E-state index contributed by atoms with van der Waals surface area (Å²) in [5, 5.41) is -0.250. The summed E-state index contributed by atoms with van der Waals surface area (Å²) in [5.41, 5.74) is 0.624. The van der Waals surface area contributed by atoms with Crippen molar-refractivity contribution in [2.45, 2.75) is 68.8 Å². The first-order chi connectivity index (χ1) is 16.4. The summed E-state index contributed by atoms with van der Waals surface area (Å²) in [6, 6.07) is 3.03. The summed E-state index contributed by atoms with van der Waals surface area (Å²) in [7, 11) is -3.35. The minimum absolute atomic E-state index is 0.0615. The Morgan fingerprint density at radius 2 is 1.82 bits per heavy atom. The monoisotopic (exact) mass is 490 g/mol. The second-order valence-corrected chi connectivity index (χ2v) is 10.7. The SMILES string of the molecule is CCCCOC(=O)N1CCC(Oc2ncnc(Oc3ccc(S(=O)(=O)C4CC4)nc3)c2C)CC1. The molecule has 3 heterocycles. The molecule has 0 atom stereocenters. The number of hydrogen-bond acceptors (Lipinski definition) is 9. The number of unbranched alkanes of at least 4 members (excludes halogenated alkanes) is 1. The zero-order chi connectivity index (χ0) is 24.1. The van der Waals surface area contributed by atoms with Crippen LogP contribution in [0.3, 0.4) is 0 Å². The average molecular weight is 491 g/mol. The number of pyridine rings is 1. The highest BCUT2D eigenvalue weighted by Crippen LogP contribution is 2.34. The third-order valence-electron chi connectivity index (χ3n) is 5.87. The summed E-state index contributed by atoms with van der Waals surface area (Å²) in [6.45, 7) is 5.42. The van der Waals surface area contributed by atoms with Crippen molar-refractivity contribution < 1.29 is 27.4 Å². The molecule has 1 amide bonds. The molecule has 2 aromatic rings. The maximum absolute atomic E-state index is 12.3. The molecular formula is C23H30N4O6S. The lowest BCUT2D eigenvalue weighted by molar-refractivity contribution is 0.0652. The van der Waals surface area contributed by atoms with E-state index in [0.29, 0.717) is 68.5 Å². The van der Waals surface area contributed by atoms with E-state index >= 15 is 0 Å². The summed E-state index contributed by atoms with van der Waals surface area (Å²) in [5.74, 6) is 1.09. The molecule has 1 saturated carbocycles. The van der Waals surface area contributed by atoms with E-state index in [1.165, 1.54) is 18.6 Å². The predicted octanol–water partition coefficient (Wildman–Crippen LogP) is 3.69. The normalized spacial score (nSPS) is 16.8. The van der Waals surface area contributed by atoms with Crippen molar-refractivity contribution in [1.29, 1.82) is 0 Å². The van der Waals surface area contributed by atoms with Crippen LogP contribution >= 0.6 is 0 Å². The largest absolute Gasteiger partial charge is 0.474 e. The number of carbonyl (C=O) groups excluding carboxylic acids is 1. The second-order valence-electron chi connectivity index (χ2n) is 8.56. The molecule has 184 valence electrons. The van der Waals surface area contributed by atoms with Crippen LogP contribution in [0.25, 0.3) is 0 Å². The van der Waals surface area contributed by atoms with E-state index in [0.717, 1.165) is 12.8 Å². The van der Waals surface area contributed by atoms with E-state index in [-0.39, 0.29) is 22.5 Å². The minimum Gasteiger partial charge on any atom is -0.474 e. The number of nitrogens with zero attached hydrogens (tertiary/aromatic N) is 4. The van der Waals surface area contributed by atoms with Crippen LogP contribution in [0.2, 0.25) is 0 Å². The molecule has 34 heavy (non-hydrogen) atoms. The number of aromatic nitrogens is 3. The Morgan fingerprint density at radius 1 is 1.09 bits per heavy atom. The van der Waals surface area contributed by atoms with Crippen molar-refractivity contribution in [3.05, 3.63) is 30.2 Å². The number of likely N-dealkylation sites (tertiary alicyclic amines) is 1. The van der Waals surface area contributed by atoms with Crippen LogP contribution in [0, 0.1) is 6.92 Å². The predicted molar refractivity (Wildman–Crippen MR) is 123 cm³/mol. The van der Waals surface area contributed by atoms with Gasteiger partial charge in [-0.15, -0.1) is 0 Å². The number of ether oxygens (including phenoxy) is 3. The van der Waals surface area contributed by atoms with E-state index in [4.69, 9.17) is 14.2 Å². The highest BCUT2D eigenvalue weighted by molar-refractivity contribution is 7.92. The number of carbonyl (C=O) groups is 1. The maximum atomic E-state index is 12.3. The van der Waals surface area contributed by atoms with Gasteiger partial charge in [0.15, 0.2) is 14.9 Å². The van der Waals surface area contributed by atoms with Crippen LogP contribution < -0.4 is 9.47 Å². The second kappa shape index (κ2) is 10.5. The van der Waals surface area contributed by atoms with Crippen LogP contribution in [-0.4, -0.2) is 65.4 Å². The number of piperidine rings is 1. The van der Waals surface area contributed by atoms with Gasteiger partial charge in [-0.1, -0.05) is 13.3 Å². The first kappa shape index (κ1) is 24.2. The third kappa shape index (κ3) is 5.75. The van der Waals surface area contributed by atoms with Crippen LogP contribution in [0.4, 0.5) is 4.79 Å². The first-order valence-electron chi connectivity index (χ1n) is 11.7. The summed E-state index contributed by atoms with van der Waals surface area (Å²) in [6.07, 6.45) is 6.94. The molecule has 0 bridgehead atoms. The lowest BCUT2D eigenvalue weighted by Crippen LogP contribution is -2.42. The van der Waals surface area contributed by atoms with E-state index in [1.807, 2.05) is 0 Å². The van der Waals surface area contributed by atoms with E-state index in [9.17, 15) is 13.2 Å². The van der Waals surface area contributed by atoms with Crippen molar-refractivity contribution >= 4 is 15.9 Å². The van der Waals surface area contributed by atoms with Crippen molar-refractivity contribution in [3.8, 4) is 17.5 Å². The molecule has 10 nitrogen and oxygen atoms in total. The van der Waals surface area contributed by atoms with Gasteiger partial charge in [0.25, 0.3) is 0 Å². The van der Waals surface area contributed by atoms with Crippen LogP contribution in [-0.2, 0) is 14.6 Å². The summed E-state index contributed by atoms with van der Waals surface area (Å²) >= 11 is 0. The lowest BCUT2D eigenvalue weighted by atomic mass is 10.1. The third-order valence-corrected chi connectivity index (χ3v) is 8.05. The topological polar surface area (TPSA) is 121 Å². The number of sulfone groups is 1. The fourth-order valence-corrected chi connectivity index (χ4v) is 5.16.